The van der Waals surface area contributed by atoms with Crippen molar-refractivity contribution in [3.05, 3.63) is 0 Å². The fourth-order valence-electron chi connectivity index (χ4n) is 1.42. The van der Waals surface area contributed by atoms with Gasteiger partial charge in [-0.1, -0.05) is 61.8 Å². The van der Waals surface area contributed by atoms with Gasteiger partial charge in [-0.15, -0.1) is 0 Å². The number of unbranched alkanes of at least 4 members (excludes halogenated alkanes) is 1. The van der Waals surface area contributed by atoms with Crippen molar-refractivity contribution in [1.82, 2.24) is 10.6 Å². The van der Waals surface area contributed by atoms with Gasteiger partial charge in [0.05, 0.1) is 6.04 Å². The van der Waals surface area contributed by atoms with Gasteiger partial charge in [-0.2, -0.15) is 0 Å². The Labute approximate surface area is 129 Å². The van der Waals surface area contributed by atoms with E-state index in [1.165, 1.54) is 0 Å². The number of rotatable bonds is 8. The van der Waals surface area contributed by atoms with E-state index in [1.54, 1.807) is 6.92 Å². The molecule has 0 heterocycles. The van der Waals surface area contributed by atoms with Crippen molar-refractivity contribution < 1.29 is 4.79 Å². The molecule has 0 aromatic rings. The molecular weight excluding hydrogens is 248 g/mol. The Morgan fingerprint density at radius 1 is 0.950 bits per heavy atom. The van der Waals surface area contributed by atoms with Gasteiger partial charge in [0.25, 0.3) is 0 Å². The van der Waals surface area contributed by atoms with Crippen molar-refractivity contribution in [1.29, 1.82) is 0 Å². The molecule has 3 nitrogen and oxygen atoms in total. The second kappa shape index (κ2) is 27.0. The summed E-state index contributed by atoms with van der Waals surface area (Å²) in [6.45, 7) is 19.0. The molecule has 0 unspecified atom stereocenters. The van der Waals surface area contributed by atoms with Crippen LogP contribution in [0.3, 0.4) is 0 Å². The zero-order valence-corrected chi connectivity index (χ0v) is 15.9. The molecule has 126 valence electrons. The van der Waals surface area contributed by atoms with E-state index in [1.807, 2.05) is 48.6 Å². The maximum absolute atomic E-state index is 11.1. The van der Waals surface area contributed by atoms with Gasteiger partial charge in [0, 0.05) is 6.04 Å². The van der Waals surface area contributed by atoms with Crippen LogP contribution in [0.25, 0.3) is 0 Å². The Hall–Kier alpha value is -0.410. The van der Waals surface area contributed by atoms with Crippen molar-refractivity contribution in [3.63, 3.8) is 0 Å². The molecule has 3 heteroatoms. The molecule has 0 aliphatic carbocycles. The summed E-state index contributed by atoms with van der Waals surface area (Å²) in [6.07, 6.45) is 3.19. The van der Waals surface area contributed by atoms with Crippen LogP contribution in [0, 0.1) is 0 Å². The lowest BCUT2D eigenvalue weighted by molar-refractivity contribution is -0.119. The Bertz CT molecular complexity index is 159. The summed E-state index contributed by atoms with van der Waals surface area (Å²) in [7, 11) is 1.85. The molecule has 0 aromatic heterocycles. The van der Waals surface area contributed by atoms with Gasteiger partial charge in [-0.3, -0.25) is 4.79 Å². The lowest BCUT2D eigenvalue weighted by atomic mass is 10.1. The van der Waals surface area contributed by atoms with E-state index in [4.69, 9.17) is 0 Å². The second-order valence-electron chi connectivity index (χ2n) is 4.06. The summed E-state index contributed by atoms with van der Waals surface area (Å²) in [5.74, 6) is 0.240. The van der Waals surface area contributed by atoms with E-state index in [0.717, 1.165) is 25.8 Å². The molecule has 0 saturated heterocycles. The summed E-state index contributed by atoms with van der Waals surface area (Å²) in [6, 6.07) is 0.608. The highest BCUT2D eigenvalue weighted by Crippen LogP contribution is 2.01. The number of likely N-dealkylation sites (N-methyl/N-ethyl adjacent to an activating group) is 1. The van der Waals surface area contributed by atoms with Crippen molar-refractivity contribution in [3.8, 4) is 0 Å². The normalized spacial score (nSPS) is 10.2. The summed E-state index contributed by atoms with van der Waals surface area (Å²) in [5.41, 5.74) is 0. The van der Waals surface area contributed by atoms with Gasteiger partial charge in [0.15, 0.2) is 0 Å². The van der Waals surface area contributed by atoms with Crippen molar-refractivity contribution in [2.45, 2.75) is 93.7 Å². The van der Waals surface area contributed by atoms with Gasteiger partial charge in [-0.05, 0) is 33.4 Å². The van der Waals surface area contributed by atoms with E-state index < -0.39 is 0 Å². The second-order valence-corrected chi connectivity index (χ2v) is 4.06. The predicted octanol–water partition coefficient (Wildman–Crippen LogP) is 4.41. The molecule has 0 aliphatic rings. The maximum atomic E-state index is 11.1. The molecule has 0 saturated carbocycles. The van der Waals surface area contributed by atoms with Crippen molar-refractivity contribution in [2.75, 3.05) is 13.6 Å². The fraction of sp³-hybridized carbons (Fsp3) is 0.941. The monoisotopic (exact) mass is 290 g/mol. The highest BCUT2D eigenvalue weighted by Gasteiger charge is 2.09. The van der Waals surface area contributed by atoms with Crippen LogP contribution >= 0.6 is 0 Å². The number of nitrogens with one attached hydrogen (secondary N) is 2. The van der Waals surface area contributed by atoms with Crippen LogP contribution < -0.4 is 10.6 Å². The number of carbonyl (C=O) groups is 1. The van der Waals surface area contributed by atoms with E-state index in [0.29, 0.717) is 6.04 Å². The lowest BCUT2D eigenvalue weighted by Gasteiger charge is -2.12. The summed E-state index contributed by atoms with van der Waals surface area (Å²) >= 11 is 0. The van der Waals surface area contributed by atoms with Gasteiger partial charge in [0.2, 0.25) is 0 Å². The minimum absolute atomic E-state index is 0.0500. The Balaban J connectivity index is -0.000000187. The van der Waals surface area contributed by atoms with Crippen molar-refractivity contribution in [2.24, 2.45) is 0 Å². The fourth-order valence-corrected chi connectivity index (χ4v) is 1.42. The minimum Gasteiger partial charge on any atom is -0.315 e. The molecule has 1 atom stereocenters. The van der Waals surface area contributed by atoms with Gasteiger partial charge >= 0.3 is 0 Å². The third kappa shape index (κ3) is 26.2. The summed E-state index contributed by atoms with van der Waals surface area (Å²) in [4.78, 5) is 11.1. The SMILES string of the molecule is CC.CC.CC.CN[C@@H](CCCCNC(C)C)C(C)=O. The van der Waals surface area contributed by atoms with E-state index in [9.17, 15) is 4.79 Å². The first kappa shape index (κ1) is 27.9. The first-order valence-electron chi connectivity index (χ1n) is 8.49. The molecule has 0 amide bonds. The first-order chi connectivity index (χ1) is 9.57. The Morgan fingerprint density at radius 2 is 1.40 bits per heavy atom. The first-order valence-corrected chi connectivity index (χ1v) is 8.49. The molecule has 0 aromatic carbocycles. The highest BCUT2D eigenvalue weighted by molar-refractivity contribution is 5.81. The van der Waals surface area contributed by atoms with E-state index in [2.05, 4.69) is 24.5 Å². The van der Waals surface area contributed by atoms with Crippen LogP contribution in [0.15, 0.2) is 0 Å². The van der Waals surface area contributed by atoms with Crippen LogP contribution in [0.2, 0.25) is 0 Å². The zero-order valence-electron chi connectivity index (χ0n) is 15.9. The smallest absolute Gasteiger partial charge is 0.146 e. The summed E-state index contributed by atoms with van der Waals surface area (Å²) in [5, 5.41) is 6.39. The third-order valence-electron chi connectivity index (χ3n) is 2.31. The van der Waals surface area contributed by atoms with Crippen LogP contribution in [-0.2, 0) is 4.79 Å². The number of hydrogen-bond acceptors (Lipinski definition) is 3. The molecule has 0 spiro atoms. The molecule has 0 bridgehead atoms. The molecule has 20 heavy (non-hydrogen) atoms. The van der Waals surface area contributed by atoms with Crippen LogP contribution in [0.1, 0.15) is 81.6 Å². The van der Waals surface area contributed by atoms with Gasteiger partial charge in [0.1, 0.15) is 5.78 Å². The van der Waals surface area contributed by atoms with Gasteiger partial charge in [-0.25, -0.2) is 0 Å². The molecule has 2 N–H and O–H groups in total. The predicted molar refractivity (Wildman–Crippen MR) is 94.6 cm³/mol. The molecule has 0 radical (unpaired) electrons. The third-order valence-corrected chi connectivity index (χ3v) is 2.31. The molecular formula is C17H42N2O. The van der Waals surface area contributed by atoms with Gasteiger partial charge < -0.3 is 10.6 Å². The summed E-state index contributed by atoms with van der Waals surface area (Å²) < 4.78 is 0. The average Bonchev–Trinajstić information content (AvgIpc) is 2.48. The maximum Gasteiger partial charge on any atom is 0.146 e. The zero-order chi connectivity index (χ0) is 17.0. The Kier molecular flexibility index (Phi) is 37.6. The number of hydrogen-bond donors (Lipinski definition) is 2. The number of ketones is 1. The average molecular weight is 291 g/mol. The lowest BCUT2D eigenvalue weighted by Crippen LogP contribution is -2.32. The molecule has 0 aliphatic heterocycles. The largest absolute Gasteiger partial charge is 0.315 e. The number of Topliss-reactive ketones (excluding diaryl/α,β-unsaturated/α-hetero) is 1. The van der Waals surface area contributed by atoms with Crippen LogP contribution in [-0.4, -0.2) is 31.5 Å². The van der Waals surface area contributed by atoms with E-state index >= 15 is 0 Å². The quantitative estimate of drug-likeness (QED) is 0.651. The number of carbonyl (C=O) groups excluding carboxylic acids is 1. The standard InChI is InChI=1S/C11H24N2O.3C2H6/c1-9(2)13-8-6-5-7-11(12-4)10(3)14;3*1-2/h9,11-13H,5-8H2,1-4H3;3*1-2H3/t11-;;;/m0.../s1. The van der Waals surface area contributed by atoms with Crippen molar-refractivity contribution >= 4 is 5.78 Å². The highest BCUT2D eigenvalue weighted by atomic mass is 16.1. The van der Waals surface area contributed by atoms with Crippen LogP contribution in [0.5, 0.6) is 0 Å². The molecule has 0 fully saturated rings. The van der Waals surface area contributed by atoms with Crippen LogP contribution in [0.4, 0.5) is 0 Å². The Morgan fingerprint density at radius 3 is 1.70 bits per heavy atom. The topological polar surface area (TPSA) is 41.1 Å². The molecule has 0 rings (SSSR count). The minimum atomic E-state index is 0.0500. The van der Waals surface area contributed by atoms with E-state index in [-0.39, 0.29) is 11.8 Å².